The summed E-state index contributed by atoms with van der Waals surface area (Å²) in [6, 6.07) is 17.3. The molecule has 0 unspecified atom stereocenters. The molecule has 0 saturated heterocycles. The normalized spacial score (nSPS) is 11.2. The van der Waals surface area contributed by atoms with Crippen molar-refractivity contribution in [3.8, 4) is 17.2 Å². The van der Waals surface area contributed by atoms with Gasteiger partial charge in [-0.05, 0) is 47.8 Å². The Labute approximate surface area is 150 Å². The van der Waals surface area contributed by atoms with E-state index in [1.165, 1.54) is 23.5 Å². The van der Waals surface area contributed by atoms with Gasteiger partial charge in [-0.3, -0.25) is 0 Å². The number of rotatable bonds is 7. The lowest BCUT2D eigenvalue weighted by atomic mass is 10.3. The maximum Gasteiger partial charge on any atom is 0.240 e. The van der Waals surface area contributed by atoms with E-state index in [9.17, 15) is 8.42 Å². The Morgan fingerprint density at radius 2 is 1.68 bits per heavy atom. The van der Waals surface area contributed by atoms with Crippen LogP contribution in [0.2, 0.25) is 0 Å². The van der Waals surface area contributed by atoms with Crippen molar-refractivity contribution in [1.82, 2.24) is 4.72 Å². The minimum atomic E-state index is -3.56. The number of sulfonamides is 1. The van der Waals surface area contributed by atoms with Crippen LogP contribution in [-0.4, -0.2) is 15.5 Å². The highest BCUT2D eigenvalue weighted by Gasteiger charge is 2.14. The minimum absolute atomic E-state index is 0.191. The van der Waals surface area contributed by atoms with E-state index in [1.807, 2.05) is 29.6 Å². The number of nitrogens with one attached hydrogen (secondary N) is 1. The van der Waals surface area contributed by atoms with Gasteiger partial charge in [0.2, 0.25) is 10.0 Å². The molecule has 0 spiro atoms. The summed E-state index contributed by atoms with van der Waals surface area (Å²) in [6.45, 7) is 0.277. The number of ether oxygens (including phenoxy) is 2. The summed E-state index contributed by atoms with van der Waals surface area (Å²) in [6.07, 6.45) is 0. The Morgan fingerprint density at radius 3 is 2.32 bits per heavy atom. The van der Waals surface area contributed by atoms with Crippen molar-refractivity contribution < 1.29 is 17.9 Å². The fraction of sp³-hybridized carbons (Fsp3) is 0.111. The second-order valence-corrected chi connectivity index (χ2v) is 7.93. The maximum absolute atomic E-state index is 12.3. The predicted molar refractivity (Wildman–Crippen MR) is 97.9 cm³/mol. The minimum Gasteiger partial charge on any atom is -0.493 e. The largest absolute Gasteiger partial charge is 0.493 e. The molecule has 1 heterocycles. The third kappa shape index (κ3) is 4.39. The molecule has 0 amide bonds. The van der Waals surface area contributed by atoms with E-state index in [2.05, 4.69) is 4.72 Å². The molecule has 0 aliphatic carbocycles. The second-order valence-electron chi connectivity index (χ2n) is 5.13. The lowest BCUT2D eigenvalue weighted by Crippen LogP contribution is -2.22. The molecular weight excluding hydrogens is 358 g/mol. The molecule has 25 heavy (non-hydrogen) atoms. The van der Waals surface area contributed by atoms with E-state index in [0.29, 0.717) is 17.2 Å². The van der Waals surface area contributed by atoms with Gasteiger partial charge in [-0.15, -0.1) is 11.3 Å². The van der Waals surface area contributed by atoms with Crippen LogP contribution < -0.4 is 14.2 Å². The first-order valence-corrected chi connectivity index (χ1v) is 9.88. The lowest BCUT2D eigenvalue weighted by Gasteiger charge is -2.11. The van der Waals surface area contributed by atoms with Gasteiger partial charge in [-0.25, -0.2) is 13.1 Å². The van der Waals surface area contributed by atoms with Gasteiger partial charge in [0, 0.05) is 11.4 Å². The zero-order valence-electron chi connectivity index (χ0n) is 13.5. The Balaban J connectivity index is 1.71. The SMILES string of the molecule is COc1ccccc1Oc1ccc(S(=O)(=O)NCc2cccs2)cc1. The molecule has 7 heteroatoms. The monoisotopic (exact) mass is 375 g/mol. The van der Waals surface area contributed by atoms with Crippen molar-refractivity contribution in [2.75, 3.05) is 7.11 Å². The van der Waals surface area contributed by atoms with Gasteiger partial charge in [0.15, 0.2) is 11.5 Å². The van der Waals surface area contributed by atoms with Crippen LogP contribution in [0.5, 0.6) is 17.2 Å². The number of thiophene rings is 1. The average molecular weight is 375 g/mol. The fourth-order valence-electron chi connectivity index (χ4n) is 2.18. The van der Waals surface area contributed by atoms with E-state index < -0.39 is 10.0 Å². The first-order chi connectivity index (χ1) is 12.1. The molecule has 2 aromatic carbocycles. The Morgan fingerprint density at radius 1 is 0.960 bits per heavy atom. The Bertz CT molecular complexity index is 920. The van der Waals surface area contributed by atoms with Gasteiger partial charge < -0.3 is 9.47 Å². The summed E-state index contributed by atoms with van der Waals surface area (Å²) in [4.78, 5) is 1.15. The van der Waals surface area contributed by atoms with Crippen LogP contribution in [-0.2, 0) is 16.6 Å². The van der Waals surface area contributed by atoms with Crippen molar-refractivity contribution >= 4 is 21.4 Å². The third-order valence-electron chi connectivity index (χ3n) is 3.45. The summed E-state index contributed by atoms with van der Waals surface area (Å²) in [7, 11) is -2.00. The second kappa shape index (κ2) is 7.69. The van der Waals surface area contributed by atoms with Crippen molar-refractivity contribution in [3.05, 3.63) is 70.9 Å². The van der Waals surface area contributed by atoms with Crippen LogP contribution in [0.15, 0.2) is 70.9 Å². The number of hydrogen-bond donors (Lipinski definition) is 1. The highest BCUT2D eigenvalue weighted by Crippen LogP contribution is 2.31. The topological polar surface area (TPSA) is 64.6 Å². The van der Waals surface area contributed by atoms with E-state index in [-0.39, 0.29) is 11.4 Å². The lowest BCUT2D eigenvalue weighted by molar-refractivity contribution is 0.379. The smallest absolute Gasteiger partial charge is 0.240 e. The van der Waals surface area contributed by atoms with Crippen molar-refractivity contribution in [2.45, 2.75) is 11.4 Å². The van der Waals surface area contributed by atoms with Gasteiger partial charge in [0.05, 0.1) is 12.0 Å². The molecule has 0 atom stereocenters. The van der Waals surface area contributed by atoms with Gasteiger partial charge in [-0.1, -0.05) is 18.2 Å². The maximum atomic E-state index is 12.3. The van der Waals surface area contributed by atoms with E-state index in [4.69, 9.17) is 9.47 Å². The molecule has 0 aliphatic heterocycles. The molecule has 0 bridgehead atoms. The van der Waals surface area contributed by atoms with Crippen molar-refractivity contribution in [2.24, 2.45) is 0 Å². The summed E-state index contributed by atoms with van der Waals surface area (Å²) < 4.78 is 38.2. The van der Waals surface area contributed by atoms with Gasteiger partial charge in [-0.2, -0.15) is 0 Å². The molecule has 5 nitrogen and oxygen atoms in total. The number of hydrogen-bond acceptors (Lipinski definition) is 5. The molecule has 130 valence electrons. The predicted octanol–water partition coefficient (Wildman–Crippen LogP) is 4.03. The van der Waals surface area contributed by atoms with Crippen LogP contribution in [0, 0.1) is 0 Å². The van der Waals surface area contributed by atoms with E-state index in [0.717, 1.165) is 4.88 Å². The third-order valence-corrected chi connectivity index (χ3v) is 5.74. The molecule has 3 rings (SSSR count). The molecule has 0 radical (unpaired) electrons. The summed E-state index contributed by atoms with van der Waals surface area (Å²) in [5.41, 5.74) is 0. The van der Waals surface area contributed by atoms with Gasteiger partial charge in [0.25, 0.3) is 0 Å². The van der Waals surface area contributed by atoms with Crippen LogP contribution in [0.1, 0.15) is 4.88 Å². The standard InChI is InChI=1S/C18H17NO4S2/c1-22-17-6-2-3-7-18(17)23-14-8-10-16(11-9-14)25(20,21)19-13-15-5-4-12-24-15/h2-12,19H,13H2,1H3. The zero-order chi connectivity index (χ0) is 17.7. The van der Waals surface area contributed by atoms with Crippen molar-refractivity contribution in [3.63, 3.8) is 0 Å². The first-order valence-electron chi connectivity index (χ1n) is 7.51. The summed E-state index contributed by atoms with van der Waals surface area (Å²) in [5, 5.41) is 1.91. The van der Waals surface area contributed by atoms with Gasteiger partial charge in [0.1, 0.15) is 5.75 Å². The molecule has 0 saturated carbocycles. The fourth-order valence-corrected chi connectivity index (χ4v) is 3.92. The summed E-state index contributed by atoms with van der Waals surface area (Å²) >= 11 is 1.51. The van der Waals surface area contributed by atoms with E-state index >= 15 is 0 Å². The first kappa shape index (κ1) is 17.5. The van der Waals surface area contributed by atoms with Crippen molar-refractivity contribution in [1.29, 1.82) is 0 Å². The molecule has 1 aromatic heterocycles. The molecule has 1 N–H and O–H groups in total. The molecular formula is C18H17NO4S2. The van der Waals surface area contributed by atoms with Crippen LogP contribution in [0.4, 0.5) is 0 Å². The molecule has 3 aromatic rings. The molecule has 0 fully saturated rings. The number of benzene rings is 2. The summed E-state index contributed by atoms with van der Waals surface area (Å²) in [5.74, 6) is 1.70. The van der Waals surface area contributed by atoms with Crippen LogP contribution in [0.3, 0.4) is 0 Å². The van der Waals surface area contributed by atoms with E-state index in [1.54, 1.807) is 31.4 Å². The van der Waals surface area contributed by atoms with Crippen LogP contribution >= 0.6 is 11.3 Å². The quantitative estimate of drug-likeness (QED) is 0.677. The highest BCUT2D eigenvalue weighted by atomic mass is 32.2. The van der Waals surface area contributed by atoms with Crippen LogP contribution in [0.25, 0.3) is 0 Å². The highest BCUT2D eigenvalue weighted by molar-refractivity contribution is 7.89. The van der Waals surface area contributed by atoms with Gasteiger partial charge >= 0.3 is 0 Å². The number of para-hydroxylation sites is 2. The number of methoxy groups -OCH3 is 1. The Kier molecular flexibility index (Phi) is 5.37. The average Bonchev–Trinajstić information content (AvgIpc) is 3.15. The molecule has 0 aliphatic rings. The Hall–Kier alpha value is -2.35. The zero-order valence-corrected chi connectivity index (χ0v) is 15.1.